The molecule has 18 rings (SSSR count). The van der Waals surface area contributed by atoms with Crippen molar-refractivity contribution in [3.05, 3.63) is 270 Å². The lowest BCUT2D eigenvalue weighted by molar-refractivity contribution is 0.355. The van der Waals surface area contributed by atoms with Crippen LogP contribution in [-0.4, -0.2) is 54.4 Å². The Morgan fingerprint density at radius 3 is 1.77 bits per heavy atom. The third-order valence-corrected chi connectivity index (χ3v) is 13.9. The van der Waals surface area contributed by atoms with Gasteiger partial charge in [0.05, 0.1) is 62.8 Å². The van der Waals surface area contributed by atoms with Crippen LogP contribution in [0.15, 0.2) is 251 Å². The van der Waals surface area contributed by atoms with Crippen LogP contribution in [0.3, 0.4) is 0 Å². The van der Waals surface area contributed by atoms with Gasteiger partial charge < -0.3 is 19.2 Å². The maximum atomic E-state index is 5.24. The number of pyridine rings is 4. The fourth-order valence-corrected chi connectivity index (χ4v) is 9.60. The molecule has 14 nitrogen and oxygen atoms in total. The van der Waals surface area contributed by atoms with Crippen LogP contribution in [0, 0.1) is 0 Å². The molecule has 0 spiro atoms. The quantitative estimate of drug-likeness (QED) is 0.153. The molecule has 0 saturated heterocycles. The van der Waals surface area contributed by atoms with Crippen LogP contribution in [0.4, 0.5) is 17.1 Å². The molecule has 12 aromatic rings. The van der Waals surface area contributed by atoms with Crippen molar-refractivity contribution >= 4 is 72.9 Å². The van der Waals surface area contributed by atoms with E-state index < -0.39 is 0 Å². The molecule has 4 aliphatic heterocycles. The molecule has 0 unspecified atom stereocenters. The number of para-hydroxylation sites is 5. The van der Waals surface area contributed by atoms with Crippen molar-refractivity contribution in [3.63, 3.8) is 0 Å². The number of aliphatic imine (C=N–C) groups is 1. The molecule has 7 aromatic heterocycles. The molecule has 0 saturated carbocycles. The van der Waals surface area contributed by atoms with Crippen LogP contribution in [-0.2, 0) is 38.6 Å². The summed E-state index contributed by atoms with van der Waals surface area (Å²) in [5.74, 6) is 1.91. The highest BCUT2D eigenvalue weighted by atomic mass is 32.1. The van der Waals surface area contributed by atoms with Gasteiger partial charge in [0.15, 0.2) is 6.73 Å². The van der Waals surface area contributed by atoms with E-state index in [1.807, 2.05) is 264 Å². The number of nitrogens with one attached hydrogen (secondary N) is 1. The van der Waals surface area contributed by atoms with Gasteiger partial charge in [0, 0.05) is 66.7 Å². The average Bonchev–Trinajstić information content (AvgIpc) is 1.91. The van der Waals surface area contributed by atoms with Crippen LogP contribution in [0.1, 0.15) is 170 Å². The molecule has 0 amide bonds. The topological polar surface area (TPSA) is 171 Å². The molecule has 0 radical (unpaired) electrons. The van der Waals surface area contributed by atoms with E-state index in [4.69, 9.17) is 13.9 Å². The van der Waals surface area contributed by atoms with Crippen molar-refractivity contribution in [2.24, 2.45) is 15.2 Å². The maximum Gasteiger partial charge on any atom is 0.228 e. The summed E-state index contributed by atoms with van der Waals surface area (Å²) in [5.41, 5.74) is 17.0. The minimum atomic E-state index is 0.610. The number of aryl methyl sites for hydroxylation is 2. The number of ether oxygens (including phenoxy) is 2. The van der Waals surface area contributed by atoms with Crippen LogP contribution in [0.2, 0.25) is 0 Å². The summed E-state index contributed by atoms with van der Waals surface area (Å²) in [5, 5.41) is 12.9. The Bertz CT molecular complexity index is 3500. The second-order valence-electron chi connectivity index (χ2n) is 18.5. The first kappa shape index (κ1) is 87.9. The normalized spacial score (nSPS) is 11.1. The minimum Gasteiger partial charge on any atom is -0.491 e. The number of thiazole rings is 1. The number of benzene rings is 5. The number of hydrogen-bond acceptors (Lipinski definition) is 15. The second-order valence-corrected chi connectivity index (χ2v) is 19.4. The van der Waals surface area contributed by atoms with Crippen molar-refractivity contribution < 1.29 is 13.9 Å². The fraction of sp³-hybridized carbons (Fsp3) is 0.318. The molecular formula is C85H113N11O3S. The van der Waals surface area contributed by atoms with Gasteiger partial charge in [0.1, 0.15) is 30.1 Å². The summed E-state index contributed by atoms with van der Waals surface area (Å²) in [7, 11) is 0. The second kappa shape index (κ2) is 59.0. The van der Waals surface area contributed by atoms with Crippen LogP contribution in [0.25, 0.3) is 38.3 Å². The van der Waals surface area contributed by atoms with Gasteiger partial charge in [-0.1, -0.05) is 234 Å². The van der Waals surface area contributed by atoms with E-state index in [2.05, 4.69) is 122 Å². The Kier molecular flexibility index (Phi) is 51.8. The van der Waals surface area contributed by atoms with E-state index in [0.717, 1.165) is 76.5 Å². The van der Waals surface area contributed by atoms with E-state index in [1.165, 1.54) is 69.2 Å². The Labute approximate surface area is 603 Å². The molecule has 1 N–H and O–H groups in total. The smallest absolute Gasteiger partial charge is 0.228 e. The minimum absolute atomic E-state index is 0.610. The number of aromatic nitrogens is 7. The van der Waals surface area contributed by atoms with Gasteiger partial charge in [0.25, 0.3) is 0 Å². The SMILES string of the molecule is C1=Cc2ccccc2C1.C1=Nc2ccccc2C1.CC.CC.CC.CC.CC.CC.CC.CC.CC.c1cc2c(cn1)OCC2.c1ccc2c(c1)NCO2.c1ccc2ncccc2c1.c1ccc2scnc2c1.c1cnc2c(c1)CCC2.c1cnc2c(c1)N=NC2.c1ncc2ccoc2n1. The van der Waals surface area contributed by atoms with Gasteiger partial charge in [0.2, 0.25) is 5.71 Å². The Hall–Kier alpha value is -10.1. The highest BCUT2D eigenvalue weighted by Gasteiger charge is 2.11. The van der Waals surface area contributed by atoms with Crippen molar-refractivity contribution in [2.75, 3.05) is 18.7 Å². The molecular weight excluding hydrogens is 1260 g/mol. The van der Waals surface area contributed by atoms with Crippen LogP contribution >= 0.6 is 11.3 Å². The number of hydrogen-bond donors (Lipinski definition) is 1. The van der Waals surface area contributed by atoms with Gasteiger partial charge in [-0.25, -0.2) is 15.0 Å². The summed E-state index contributed by atoms with van der Waals surface area (Å²) in [6, 6.07) is 56.6. The predicted octanol–water partition coefficient (Wildman–Crippen LogP) is 24.9. The summed E-state index contributed by atoms with van der Waals surface area (Å²) < 4.78 is 16.7. The summed E-state index contributed by atoms with van der Waals surface area (Å²) in [6.45, 7) is 38.1. The zero-order valence-electron chi connectivity index (χ0n) is 63.1. The molecule has 5 aromatic carbocycles. The Morgan fingerprint density at radius 1 is 0.440 bits per heavy atom. The van der Waals surface area contributed by atoms with Crippen LogP contribution in [0.5, 0.6) is 11.5 Å². The highest BCUT2D eigenvalue weighted by Crippen LogP contribution is 2.28. The number of anilines is 1. The number of fused-ring (bicyclic) bond motifs is 9. The monoisotopic (exact) mass is 1370 g/mol. The molecule has 0 fully saturated rings. The highest BCUT2D eigenvalue weighted by molar-refractivity contribution is 7.16. The van der Waals surface area contributed by atoms with E-state index in [9.17, 15) is 0 Å². The van der Waals surface area contributed by atoms with E-state index in [-0.39, 0.29) is 0 Å². The van der Waals surface area contributed by atoms with Crippen molar-refractivity contribution in [1.29, 1.82) is 0 Å². The Morgan fingerprint density at radius 2 is 1.07 bits per heavy atom. The Balaban J connectivity index is 0.000000547. The number of allylic oxidation sites excluding steroid dienone is 1. The third kappa shape index (κ3) is 32.0. The standard InChI is InChI=1S/C9H7N.C9H8.C8H9N.C8H7N.2C7H7NO.C7H5NS.C6H5N3.C6H4N2O.9C2H6/c1-2-6-9-8(4-1)5-3-7-10-9;1-2-5-9-7-3-6-8(9)4-1;1-3-7-4-2-6-9-8(7)5-1;1-2-4-8-7(3-1)5-6-9-8;1-3-8-5-7-6(1)2-4-9-7;2*1-2-4-7-6(3-1)8-5-9-7;1-2-5-6(7-3-1)4-8-9-5;1-2-9-6-5(1)3-7-4-8-6;9*1-2/h1-7H;1-6H,7H2;2,4,6H,1,3,5H2;1-4,6H,5H2;1,3,5H,2,4H2;1-4,8H,5H2;1-5H;1-3H,4H2;1-4H;9*1-2H3. The number of rotatable bonds is 0. The third-order valence-electron chi connectivity index (χ3n) is 13.1. The van der Waals surface area contributed by atoms with Gasteiger partial charge in [-0.2, -0.15) is 10.2 Å². The van der Waals surface area contributed by atoms with Crippen molar-refractivity contribution in [1.82, 2.24) is 34.9 Å². The number of furan rings is 1. The van der Waals surface area contributed by atoms with Gasteiger partial charge in [-0.3, -0.25) is 24.9 Å². The van der Waals surface area contributed by atoms with Crippen molar-refractivity contribution in [2.45, 2.75) is 170 Å². The number of azo groups is 1. The summed E-state index contributed by atoms with van der Waals surface area (Å²) in [4.78, 5) is 32.4. The first-order chi connectivity index (χ1) is 49.7. The largest absolute Gasteiger partial charge is 0.491 e. The zero-order valence-corrected chi connectivity index (χ0v) is 63.9. The number of nitrogens with zero attached hydrogens (tertiary/aromatic N) is 10. The lowest BCUT2D eigenvalue weighted by atomic mass is 10.1. The van der Waals surface area contributed by atoms with E-state index in [1.54, 1.807) is 42.4 Å². The van der Waals surface area contributed by atoms with E-state index in [0.29, 0.717) is 19.0 Å². The molecule has 100 heavy (non-hydrogen) atoms. The zero-order chi connectivity index (χ0) is 73.6. The summed E-state index contributed by atoms with van der Waals surface area (Å²) in [6.07, 6.45) is 27.0. The molecule has 532 valence electrons. The molecule has 15 heteroatoms. The fourth-order valence-electron chi connectivity index (χ4n) is 8.92. The molecule has 0 atom stereocenters. The van der Waals surface area contributed by atoms with Crippen molar-refractivity contribution in [3.8, 4) is 11.5 Å². The maximum absolute atomic E-state index is 5.24. The molecule has 11 heterocycles. The van der Waals surface area contributed by atoms with Gasteiger partial charge in [-0.15, -0.1) is 11.3 Å². The predicted molar refractivity (Wildman–Crippen MR) is 430 cm³/mol. The molecule has 2 aliphatic carbocycles. The van der Waals surface area contributed by atoms with Gasteiger partial charge >= 0.3 is 0 Å². The van der Waals surface area contributed by atoms with Gasteiger partial charge in [-0.05, 0) is 121 Å². The first-order valence-corrected chi connectivity index (χ1v) is 36.9. The van der Waals surface area contributed by atoms with E-state index >= 15 is 0 Å². The lowest BCUT2D eigenvalue weighted by Crippen LogP contribution is -1.96. The lowest BCUT2D eigenvalue weighted by Gasteiger charge is -1.93. The summed E-state index contributed by atoms with van der Waals surface area (Å²) >= 11 is 1.68. The molecule has 0 bridgehead atoms. The molecule has 6 aliphatic rings. The van der Waals surface area contributed by atoms with Crippen LogP contribution < -0.4 is 14.8 Å². The average molecular weight is 1370 g/mol. The first-order valence-electron chi connectivity index (χ1n) is 36.0.